The molecule has 2 aromatic heterocycles. The smallest absolute Gasteiger partial charge is 0.225 e. The van der Waals surface area contributed by atoms with E-state index in [1.165, 1.54) is 0 Å². The second-order valence-electron chi connectivity index (χ2n) is 4.37. The van der Waals surface area contributed by atoms with Crippen LogP contribution in [0.5, 0.6) is 0 Å². The third-order valence-corrected chi connectivity index (χ3v) is 4.29. The van der Waals surface area contributed by atoms with Crippen molar-refractivity contribution in [1.29, 1.82) is 0 Å². The molecule has 0 atom stereocenters. The molecule has 0 aliphatic heterocycles. The zero-order valence-corrected chi connectivity index (χ0v) is 13.5. The molecule has 2 N–H and O–H groups in total. The van der Waals surface area contributed by atoms with Gasteiger partial charge >= 0.3 is 0 Å². The standard InChI is InChI=1S/C14H13BrN4S/c1-8-7-9(15)3-4-11(8)17-12-10-5-6-20-13(10)19-14(16-2)18-12/h3-7H,1-2H3,(H2,16,17,18,19). The molecular formula is C14H13BrN4S. The van der Waals surface area contributed by atoms with Crippen LogP contribution in [-0.4, -0.2) is 17.0 Å². The predicted octanol–water partition coefficient (Wildman–Crippen LogP) is 4.55. The zero-order valence-electron chi connectivity index (χ0n) is 11.1. The predicted molar refractivity (Wildman–Crippen MR) is 89.1 cm³/mol. The lowest BCUT2D eigenvalue weighted by molar-refractivity contribution is 1.20. The van der Waals surface area contributed by atoms with Crippen LogP contribution in [0, 0.1) is 6.92 Å². The fourth-order valence-corrected chi connectivity index (χ4v) is 3.20. The quantitative estimate of drug-likeness (QED) is 0.729. The molecule has 0 radical (unpaired) electrons. The van der Waals surface area contributed by atoms with E-state index in [-0.39, 0.29) is 0 Å². The molecule has 2 heterocycles. The number of nitrogens with one attached hydrogen (secondary N) is 2. The molecule has 0 fully saturated rings. The highest BCUT2D eigenvalue weighted by Gasteiger charge is 2.09. The molecule has 4 nitrogen and oxygen atoms in total. The monoisotopic (exact) mass is 348 g/mol. The van der Waals surface area contributed by atoms with Crippen molar-refractivity contribution in [3.05, 3.63) is 39.7 Å². The van der Waals surface area contributed by atoms with Crippen molar-refractivity contribution < 1.29 is 0 Å². The van der Waals surface area contributed by atoms with Crippen LogP contribution in [0.2, 0.25) is 0 Å². The van der Waals surface area contributed by atoms with Crippen molar-refractivity contribution in [1.82, 2.24) is 9.97 Å². The number of benzene rings is 1. The second kappa shape index (κ2) is 5.38. The second-order valence-corrected chi connectivity index (χ2v) is 6.18. The van der Waals surface area contributed by atoms with Crippen LogP contribution in [0.4, 0.5) is 17.5 Å². The molecule has 0 spiro atoms. The highest BCUT2D eigenvalue weighted by molar-refractivity contribution is 9.10. The molecule has 20 heavy (non-hydrogen) atoms. The van der Waals surface area contributed by atoms with Gasteiger partial charge < -0.3 is 10.6 Å². The van der Waals surface area contributed by atoms with Crippen LogP contribution in [0.15, 0.2) is 34.1 Å². The van der Waals surface area contributed by atoms with Gasteiger partial charge in [0.05, 0.1) is 5.39 Å². The first kappa shape index (κ1) is 13.3. The molecule has 3 rings (SSSR count). The number of nitrogens with zero attached hydrogens (tertiary/aromatic N) is 2. The van der Waals surface area contributed by atoms with E-state index in [0.29, 0.717) is 5.95 Å². The van der Waals surface area contributed by atoms with Gasteiger partial charge in [0.15, 0.2) is 0 Å². The van der Waals surface area contributed by atoms with Gasteiger partial charge in [-0.05, 0) is 42.1 Å². The molecule has 0 amide bonds. The lowest BCUT2D eigenvalue weighted by Gasteiger charge is -2.11. The lowest BCUT2D eigenvalue weighted by Crippen LogP contribution is -2.01. The Morgan fingerprint density at radius 1 is 1.20 bits per heavy atom. The highest BCUT2D eigenvalue weighted by atomic mass is 79.9. The third-order valence-electron chi connectivity index (χ3n) is 2.99. The minimum atomic E-state index is 0.622. The summed E-state index contributed by atoms with van der Waals surface area (Å²) in [7, 11) is 1.82. The summed E-state index contributed by atoms with van der Waals surface area (Å²) in [6, 6.07) is 8.17. The van der Waals surface area contributed by atoms with Crippen LogP contribution in [0.3, 0.4) is 0 Å². The van der Waals surface area contributed by atoms with Crippen LogP contribution in [-0.2, 0) is 0 Å². The Balaban J connectivity index is 2.07. The van der Waals surface area contributed by atoms with Crippen LogP contribution in [0.1, 0.15) is 5.56 Å². The van der Waals surface area contributed by atoms with Crippen molar-refractivity contribution in [3.63, 3.8) is 0 Å². The first-order valence-corrected chi connectivity index (χ1v) is 7.81. The number of hydrogen-bond acceptors (Lipinski definition) is 5. The average molecular weight is 349 g/mol. The van der Waals surface area contributed by atoms with E-state index < -0.39 is 0 Å². The minimum Gasteiger partial charge on any atom is -0.357 e. The van der Waals surface area contributed by atoms with E-state index >= 15 is 0 Å². The van der Waals surface area contributed by atoms with E-state index in [9.17, 15) is 0 Å². The Morgan fingerprint density at radius 3 is 2.80 bits per heavy atom. The number of aryl methyl sites for hydroxylation is 1. The Labute approximate surface area is 129 Å². The zero-order chi connectivity index (χ0) is 14.1. The largest absolute Gasteiger partial charge is 0.357 e. The fraction of sp³-hybridized carbons (Fsp3) is 0.143. The molecule has 0 saturated carbocycles. The Morgan fingerprint density at radius 2 is 2.05 bits per heavy atom. The first-order valence-electron chi connectivity index (χ1n) is 6.13. The maximum Gasteiger partial charge on any atom is 0.225 e. The minimum absolute atomic E-state index is 0.622. The molecule has 0 unspecified atom stereocenters. The van der Waals surface area contributed by atoms with Gasteiger partial charge in [0.2, 0.25) is 5.95 Å². The molecule has 1 aromatic carbocycles. The molecule has 0 saturated heterocycles. The summed E-state index contributed by atoms with van der Waals surface area (Å²) in [5.74, 6) is 1.45. The van der Waals surface area contributed by atoms with Crippen LogP contribution < -0.4 is 10.6 Å². The van der Waals surface area contributed by atoms with Gasteiger partial charge in [-0.25, -0.2) is 4.98 Å². The van der Waals surface area contributed by atoms with Crippen molar-refractivity contribution in [2.75, 3.05) is 17.7 Å². The average Bonchev–Trinajstić information content (AvgIpc) is 2.90. The lowest BCUT2D eigenvalue weighted by atomic mass is 10.2. The summed E-state index contributed by atoms with van der Waals surface area (Å²) < 4.78 is 1.07. The van der Waals surface area contributed by atoms with Crippen molar-refractivity contribution >= 4 is 54.9 Å². The van der Waals surface area contributed by atoms with Gasteiger partial charge in [-0.3, -0.25) is 0 Å². The van der Waals surface area contributed by atoms with Crippen molar-refractivity contribution in [2.24, 2.45) is 0 Å². The molecule has 0 aliphatic rings. The molecular weight excluding hydrogens is 336 g/mol. The van der Waals surface area contributed by atoms with E-state index in [1.807, 2.05) is 30.6 Å². The van der Waals surface area contributed by atoms with Gasteiger partial charge in [-0.15, -0.1) is 11.3 Å². The summed E-state index contributed by atoms with van der Waals surface area (Å²) in [4.78, 5) is 9.93. The fourth-order valence-electron chi connectivity index (χ4n) is 1.96. The number of aromatic nitrogens is 2. The topological polar surface area (TPSA) is 49.8 Å². The third kappa shape index (κ3) is 2.48. The maximum absolute atomic E-state index is 4.51. The van der Waals surface area contributed by atoms with Gasteiger partial charge in [0.1, 0.15) is 10.6 Å². The summed E-state index contributed by atoms with van der Waals surface area (Å²) >= 11 is 5.09. The van der Waals surface area contributed by atoms with Crippen LogP contribution >= 0.6 is 27.3 Å². The summed E-state index contributed by atoms with van der Waals surface area (Å²) in [5, 5.41) is 9.46. The summed E-state index contributed by atoms with van der Waals surface area (Å²) in [5.41, 5.74) is 2.20. The first-order chi connectivity index (χ1) is 9.67. The number of halogens is 1. The molecule has 0 bridgehead atoms. The van der Waals surface area contributed by atoms with E-state index in [0.717, 1.165) is 31.8 Å². The van der Waals surface area contributed by atoms with E-state index in [1.54, 1.807) is 11.3 Å². The molecule has 3 aromatic rings. The number of rotatable bonds is 3. The summed E-state index contributed by atoms with van der Waals surface area (Å²) in [6.45, 7) is 2.07. The van der Waals surface area contributed by atoms with Gasteiger partial charge in [-0.1, -0.05) is 15.9 Å². The van der Waals surface area contributed by atoms with E-state index in [2.05, 4.69) is 49.5 Å². The van der Waals surface area contributed by atoms with Crippen molar-refractivity contribution in [3.8, 4) is 0 Å². The number of fused-ring (bicyclic) bond motifs is 1. The Hall–Kier alpha value is -1.66. The highest BCUT2D eigenvalue weighted by Crippen LogP contribution is 2.30. The molecule has 6 heteroatoms. The Kier molecular flexibility index (Phi) is 3.58. The Bertz CT molecular complexity index is 769. The molecule has 0 aliphatic carbocycles. The van der Waals surface area contributed by atoms with Crippen molar-refractivity contribution in [2.45, 2.75) is 6.92 Å². The van der Waals surface area contributed by atoms with Crippen LogP contribution in [0.25, 0.3) is 10.2 Å². The van der Waals surface area contributed by atoms with Gasteiger partial charge in [0, 0.05) is 17.2 Å². The summed E-state index contributed by atoms with van der Waals surface area (Å²) in [6.07, 6.45) is 0. The molecule has 102 valence electrons. The number of anilines is 3. The maximum atomic E-state index is 4.51. The SMILES string of the molecule is CNc1nc(Nc2ccc(Br)cc2C)c2ccsc2n1. The normalized spacial score (nSPS) is 10.8. The number of thiophene rings is 1. The number of hydrogen-bond donors (Lipinski definition) is 2. The van der Waals surface area contributed by atoms with Gasteiger partial charge in [-0.2, -0.15) is 4.98 Å². The van der Waals surface area contributed by atoms with E-state index in [4.69, 9.17) is 0 Å². The van der Waals surface area contributed by atoms with Gasteiger partial charge in [0.25, 0.3) is 0 Å².